The van der Waals surface area contributed by atoms with Gasteiger partial charge in [0.25, 0.3) is 5.56 Å². The summed E-state index contributed by atoms with van der Waals surface area (Å²) in [5.74, 6) is -1.87. The Balaban J connectivity index is 2.71. The quantitative estimate of drug-likeness (QED) is 0.762. The van der Waals surface area contributed by atoms with E-state index in [0.717, 1.165) is 18.2 Å². The van der Waals surface area contributed by atoms with Crippen molar-refractivity contribution in [1.29, 1.82) is 0 Å². The van der Waals surface area contributed by atoms with Crippen molar-refractivity contribution < 1.29 is 13.9 Å². The molecule has 1 aromatic carbocycles. The molecule has 0 amide bonds. The van der Waals surface area contributed by atoms with E-state index in [0.29, 0.717) is 4.68 Å². The summed E-state index contributed by atoms with van der Waals surface area (Å²) in [7, 11) is 0. The molecular formula is C11H9F2N3O2. The SMILES string of the molecule is NC(O)c1ccc(=O)n(-c2c(F)cccc2F)n1. The molecule has 2 rings (SSSR count). The van der Waals surface area contributed by atoms with Crippen LogP contribution in [0.3, 0.4) is 0 Å². The molecule has 1 atom stereocenters. The predicted molar refractivity (Wildman–Crippen MR) is 58.9 cm³/mol. The summed E-state index contributed by atoms with van der Waals surface area (Å²) in [5.41, 5.74) is 3.77. The van der Waals surface area contributed by atoms with Gasteiger partial charge in [0.1, 0.15) is 17.6 Å². The van der Waals surface area contributed by atoms with Crippen LogP contribution in [-0.2, 0) is 0 Å². The number of rotatable bonds is 2. The molecule has 0 saturated carbocycles. The first-order valence-corrected chi connectivity index (χ1v) is 4.99. The van der Waals surface area contributed by atoms with Crippen LogP contribution in [0.2, 0.25) is 0 Å². The van der Waals surface area contributed by atoms with Gasteiger partial charge in [0.05, 0.1) is 0 Å². The fourth-order valence-corrected chi connectivity index (χ4v) is 1.43. The fraction of sp³-hybridized carbons (Fsp3) is 0.0909. The Labute approximate surface area is 100 Å². The average molecular weight is 253 g/mol. The van der Waals surface area contributed by atoms with Crippen molar-refractivity contribution in [1.82, 2.24) is 9.78 Å². The molecular weight excluding hydrogens is 244 g/mol. The van der Waals surface area contributed by atoms with Gasteiger partial charge < -0.3 is 10.8 Å². The molecule has 0 radical (unpaired) electrons. The van der Waals surface area contributed by atoms with E-state index in [-0.39, 0.29) is 5.69 Å². The molecule has 2 aromatic rings. The van der Waals surface area contributed by atoms with Crippen LogP contribution in [0.1, 0.15) is 11.9 Å². The molecule has 1 heterocycles. The number of hydrogen-bond acceptors (Lipinski definition) is 4. The minimum atomic E-state index is -1.44. The molecule has 0 aliphatic rings. The summed E-state index contributed by atoms with van der Waals surface area (Å²) in [5, 5.41) is 12.7. The zero-order valence-corrected chi connectivity index (χ0v) is 9.05. The van der Waals surface area contributed by atoms with Crippen molar-refractivity contribution in [3.8, 4) is 5.69 Å². The van der Waals surface area contributed by atoms with E-state index >= 15 is 0 Å². The molecule has 1 aromatic heterocycles. The van der Waals surface area contributed by atoms with Gasteiger partial charge in [-0.3, -0.25) is 4.79 Å². The van der Waals surface area contributed by atoms with Crippen LogP contribution in [0.4, 0.5) is 8.78 Å². The van der Waals surface area contributed by atoms with Crippen molar-refractivity contribution in [3.63, 3.8) is 0 Å². The Hall–Kier alpha value is -2.12. The number of nitrogens with two attached hydrogens (primary N) is 1. The third-order valence-corrected chi connectivity index (χ3v) is 2.27. The molecule has 0 aliphatic heterocycles. The minimum absolute atomic E-state index is 0.0720. The van der Waals surface area contributed by atoms with Crippen LogP contribution in [0.5, 0.6) is 0 Å². The second-order valence-electron chi connectivity index (χ2n) is 3.52. The average Bonchev–Trinajstić information content (AvgIpc) is 2.30. The Morgan fingerprint density at radius 1 is 1.22 bits per heavy atom. The lowest BCUT2D eigenvalue weighted by molar-refractivity contribution is 0.179. The van der Waals surface area contributed by atoms with Gasteiger partial charge in [0.15, 0.2) is 11.6 Å². The zero-order chi connectivity index (χ0) is 13.3. The van der Waals surface area contributed by atoms with Gasteiger partial charge in [-0.1, -0.05) is 6.07 Å². The first-order chi connectivity index (χ1) is 8.50. The Morgan fingerprint density at radius 3 is 2.39 bits per heavy atom. The summed E-state index contributed by atoms with van der Waals surface area (Å²) in [6.07, 6.45) is -1.44. The van der Waals surface area contributed by atoms with Crippen molar-refractivity contribution in [2.75, 3.05) is 0 Å². The van der Waals surface area contributed by atoms with Crippen LogP contribution in [-0.4, -0.2) is 14.9 Å². The molecule has 0 bridgehead atoms. The summed E-state index contributed by atoms with van der Waals surface area (Å²) in [6, 6.07) is 5.36. The molecule has 0 saturated heterocycles. The Morgan fingerprint density at radius 2 is 1.83 bits per heavy atom. The lowest BCUT2D eigenvalue weighted by Gasteiger charge is -2.09. The molecule has 3 N–H and O–H groups in total. The Kier molecular flexibility index (Phi) is 3.17. The highest BCUT2D eigenvalue weighted by molar-refractivity contribution is 5.34. The third-order valence-electron chi connectivity index (χ3n) is 2.27. The summed E-state index contributed by atoms with van der Waals surface area (Å²) < 4.78 is 27.6. The van der Waals surface area contributed by atoms with Gasteiger partial charge in [0.2, 0.25) is 0 Å². The third kappa shape index (κ3) is 2.13. The highest BCUT2D eigenvalue weighted by Crippen LogP contribution is 2.15. The van der Waals surface area contributed by atoms with Crippen molar-refractivity contribution in [2.24, 2.45) is 5.73 Å². The van der Waals surface area contributed by atoms with E-state index in [1.54, 1.807) is 0 Å². The number of nitrogens with zero attached hydrogens (tertiary/aromatic N) is 2. The molecule has 5 nitrogen and oxygen atoms in total. The number of aromatic nitrogens is 2. The summed E-state index contributed by atoms with van der Waals surface area (Å²) in [6.45, 7) is 0. The van der Waals surface area contributed by atoms with Crippen molar-refractivity contribution in [2.45, 2.75) is 6.23 Å². The van der Waals surface area contributed by atoms with Gasteiger partial charge >= 0.3 is 0 Å². The normalized spacial score (nSPS) is 12.4. The second-order valence-corrected chi connectivity index (χ2v) is 3.52. The maximum atomic E-state index is 13.5. The van der Waals surface area contributed by atoms with Gasteiger partial charge in [-0.2, -0.15) is 9.78 Å². The minimum Gasteiger partial charge on any atom is -0.373 e. The van der Waals surface area contributed by atoms with Gasteiger partial charge in [-0.25, -0.2) is 8.78 Å². The molecule has 0 spiro atoms. The molecule has 0 aliphatic carbocycles. The fourth-order valence-electron chi connectivity index (χ4n) is 1.43. The number of halogens is 2. The van der Waals surface area contributed by atoms with Gasteiger partial charge in [0, 0.05) is 6.07 Å². The van der Waals surface area contributed by atoms with Crippen LogP contribution in [0.25, 0.3) is 5.69 Å². The van der Waals surface area contributed by atoms with Crippen LogP contribution in [0.15, 0.2) is 35.1 Å². The second kappa shape index (κ2) is 4.63. The largest absolute Gasteiger partial charge is 0.373 e. The number of benzene rings is 1. The van der Waals surface area contributed by atoms with Crippen molar-refractivity contribution in [3.05, 3.63) is 58.0 Å². The van der Waals surface area contributed by atoms with Gasteiger partial charge in [-0.15, -0.1) is 0 Å². The van der Waals surface area contributed by atoms with E-state index in [9.17, 15) is 13.6 Å². The first kappa shape index (κ1) is 12.3. The van der Waals surface area contributed by atoms with E-state index in [2.05, 4.69) is 5.10 Å². The smallest absolute Gasteiger partial charge is 0.271 e. The number of aliphatic hydroxyl groups is 1. The van der Waals surface area contributed by atoms with Crippen LogP contribution < -0.4 is 11.3 Å². The molecule has 18 heavy (non-hydrogen) atoms. The van der Waals surface area contributed by atoms with Crippen LogP contribution >= 0.6 is 0 Å². The maximum absolute atomic E-state index is 13.5. The monoisotopic (exact) mass is 253 g/mol. The molecule has 0 fully saturated rings. The molecule has 1 unspecified atom stereocenters. The predicted octanol–water partition coefficient (Wildman–Crippen LogP) is 0.460. The molecule has 7 heteroatoms. The van der Waals surface area contributed by atoms with E-state index < -0.39 is 29.1 Å². The number of para-hydroxylation sites is 1. The lowest BCUT2D eigenvalue weighted by atomic mass is 10.3. The summed E-state index contributed by atoms with van der Waals surface area (Å²) >= 11 is 0. The van der Waals surface area contributed by atoms with Gasteiger partial charge in [-0.05, 0) is 18.2 Å². The van der Waals surface area contributed by atoms with E-state index in [1.165, 1.54) is 12.1 Å². The number of hydrogen-bond donors (Lipinski definition) is 2. The maximum Gasteiger partial charge on any atom is 0.271 e. The van der Waals surface area contributed by atoms with E-state index in [1.807, 2.05) is 0 Å². The highest BCUT2D eigenvalue weighted by Gasteiger charge is 2.14. The number of aliphatic hydroxyl groups excluding tert-OH is 1. The zero-order valence-electron chi connectivity index (χ0n) is 9.05. The van der Waals surface area contributed by atoms with Crippen LogP contribution in [0, 0.1) is 11.6 Å². The first-order valence-electron chi connectivity index (χ1n) is 4.99. The van der Waals surface area contributed by atoms with E-state index in [4.69, 9.17) is 10.8 Å². The highest BCUT2D eigenvalue weighted by atomic mass is 19.1. The van der Waals surface area contributed by atoms with Crippen molar-refractivity contribution >= 4 is 0 Å². The summed E-state index contributed by atoms with van der Waals surface area (Å²) in [4.78, 5) is 11.5. The topological polar surface area (TPSA) is 81.1 Å². The standard InChI is InChI=1S/C11H9F2N3O2/c12-6-2-1-3-7(13)10(6)16-9(17)5-4-8(15-16)11(14)18/h1-5,11,18H,14H2. The molecule has 94 valence electrons. The Bertz CT molecular complexity index is 620. The lowest BCUT2D eigenvalue weighted by Crippen LogP contribution is -2.25.